The first-order chi connectivity index (χ1) is 12.2. The van der Waals surface area contributed by atoms with Crippen molar-refractivity contribution >= 4 is 11.7 Å². The van der Waals surface area contributed by atoms with Gasteiger partial charge in [0.1, 0.15) is 0 Å². The van der Waals surface area contributed by atoms with Crippen LogP contribution >= 0.6 is 0 Å². The molecule has 1 N–H and O–H groups in total. The van der Waals surface area contributed by atoms with E-state index in [9.17, 15) is 4.79 Å². The molecule has 1 saturated heterocycles. The molecule has 1 atom stereocenters. The van der Waals surface area contributed by atoms with Gasteiger partial charge in [0.05, 0.1) is 6.04 Å². The first kappa shape index (κ1) is 17.5. The molecule has 2 aromatic rings. The molecule has 0 radical (unpaired) electrons. The van der Waals surface area contributed by atoms with E-state index in [0.29, 0.717) is 0 Å². The third-order valence-corrected chi connectivity index (χ3v) is 5.08. The summed E-state index contributed by atoms with van der Waals surface area (Å²) in [5.74, 6) is 0. The molecule has 0 bridgehead atoms. The second kappa shape index (κ2) is 8.19. The van der Waals surface area contributed by atoms with Gasteiger partial charge < -0.3 is 10.2 Å². The predicted molar refractivity (Wildman–Crippen MR) is 104 cm³/mol. The van der Waals surface area contributed by atoms with Crippen molar-refractivity contribution in [3.63, 3.8) is 0 Å². The molecule has 132 valence electrons. The maximum atomic E-state index is 13.1. The predicted octanol–water partition coefficient (Wildman–Crippen LogP) is 5.71. The summed E-state index contributed by atoms with van der Waals surface area (Å²) in [6.45, 7) is 5.05. The molecule has 1 aliphatic rings. The fourth-order valence-electron chi connectivity index (χ4n) is 3.71. The van der Waals surface area contributed by atoms with E-state index in [-0.39, 0.29) is 12.1 Å². The van der Waals surface area contributed by atoms with Crippen LogP contribution in [0.2, 0.25) is 0 Å². The standard InChI is InChI=1S/C22H28N2O/c1-3-18-11-6-7-13-20(18)23-22(25)24-15-8-4-5-14-21(24)19-12-9-10-17(2)16-19/h6-7,9-13,16,21H,3-5,8,14-15H2,1-2H3,(H,23,25)/t21-/m1/s1. The van der Waals surface area contributed by atoms with Gasteiger partial charge in [-0.05, 0) is 43.4 Å². The van der Waals surface area contributed by atoms with Crippen LogP contribution in [0.4, 0.5) is 10.5 Å². The molecule has 0 aliphatic carbocycles. The Kier molecular flexibility index (Phi) is 5.75. The van der Waals surface area contributed by atoms with E-state index in [2.05, 4.69) is 49.5 Å². The van der Waals surface area contributed by atoms with E-state index in [4.69, 9.17) is 0 Å². The second-order valence-electron chi connectivity index (χ2n) is 6.91. The Morgan fingerprint density at radius 2 is 1.96 bits per heavy atom. The maximum Gasteiger partial charge on any atom is 0.322 e. The Balaban J connectivity index is 1.84. The molecule has 1 aliphatic heterocycles. The number of nitrogens with zero attached hydrogens (tertiary/aromatic N) is 1. The number of benzene rings is 2. The van der Waals surface area contributed by atoms with Gasteiger partial charge in [-0.1, -0.05) is 67.8 Å². The van der Waals surface area contributed by atoms with E-state index in [1.807, 2.05) is 23.1 Å². The third-order valence-electron chi connectivity index (χ3n) is 5.08. The smallest absolute Gasteiger partial charge is 0.317 e. The van der Waals surface area contributed by atoms with Crippen molar-refractivity contribution in [1.82, 2.24) is 4.90 Å². The number of carbonyl (C=O) groups is 1. The summed E-state index contributed by atoms with van der Waals surface area (Å²) in [5, 5.41) is 3.16. The highest BCUT2D eigenvalue weighted by molar-refractivity contribution is 5.90. The van der Waals surface area contributed by atoms with Gasteiger partial charge in [-0.25, -0.2) is 4.79 Å². The van der Waals surface area contributed by atoms with Crippen molar-refractivity contribution in [2.45, 2.75) is 52.0 Å². The largest absolute Gasteiger partial charge is 0.322 e. The number of urea groups is 1. The van der Waals surface area contributed by atoms with Crippen LogP contribution in [0.3, 0.4) is 0 Å². The van der Waals surface area contributed by atoms with Gasteiger partial charge in [-0.15, -0.1) is 0 Å². The lowest BCUT2D eigenvalue weighted by Gasteiger charge is -2.31. The number of likely N-dealkylation sites (tertiary alicyclic amines) is 1. The van der Waals surface area contributed by atoms with Crippen molar-refractivity contribution in [1.29, 1.82) is 0 Å². The minimum Gasteiger partial charge on any atom is -0.317 e. The van der Waals surface area contributed by atoms with E-state index >= 15 is 0 Å². The number of aryl methyl sites for hydroxylation is 2. The molecule has 3 nitrogen and oxygen atoms in total. The Morgan fingerprint density at radius 3 is 2.76 bits per heavy atom. The number of nitrogens with one attached hydrogen (secondary N) is 1. The summed E-state index contributed by atoms with van der Waals surface area (Å²) in [6.07, 6.45) is 5.39. The van der Waals surface area contributed by atoms with Crippen molar-refractivity contribution in [2.75, 3.05) is 11.9 Å². The zero-order chi connectivity index (χ0) is 17.6. The molecule has 2 amide bonds. The number of hydrogen-bond donors (Lipinski definition) is 1. The highest BCUT2D eigenvalue weighted by Crippen LogP contribution is 2.31. The van der Waals surface area contributed by atoms with Gasteiger partial charge in [0, 0.05) is 12.2 Å². The summed E-state index contributed by atoms with van der Waals surface area (Å²) < 4.78 is 0. The average Bonchev–Trinajstić information content (AvgIpc) is 2.88. The van der Waals surface area contributed by atoms with Gasteiger partial charge in [-0.2, -0.15) is 0 Å². The van der Waals surface area contributed by atoms with E-state index in [1.54, 1.807) is 0 Å². The molecule has 0 unspecified atom stereocenters. The molecule has 3 heteroatoms. The lowest BCUT2D eigenvalue weighted by atomic mass is 9.99. The Hall–Kier alpha value is -2.29. The first-order valence-electron chi connectivity index (χ1n) is 9.41. The summed E-state index contributed by atoms with van der Waals surface area (Å²) in [6, 6.07) is 16.8. The summed E-state index contributed by atoms with van der Waals surface area (Å²) in [5.41, 5.74) is 4.61. The van der Waals surface area contributed by atoms with Gasteiger partial charge >= 0.3 is 6.03 Å². The second-order valence-corrected chi connectivity index (χ2v) is 6.91. The molecule has 3 rings (SSSR count). The monoisotopic (exact) mass is 336 g/mol. The topological polar surface area (TPSA) is 32.3 Å². The lowest BCUT2D eigenvalue weighted by molar-refractivity contribution is 0.189. The van der Waals surface area contributed by atoms with Crippen molar-refractivity contribution in [3.8, 4) is 0 Å². The maximum absolute atomic E-state index is 13.1. The number of amides is 2. The van der Waals surface area contributed by atoms with E-state index in [0.717, 1.165) is 31.5 Å². The van der Waals surface area contributed by atoms with Crippen LogP contribution in [0.1, 0.15) is 55.3 Å². The van der Waals surface area contributed by atoms with Crippen LogP contribution in [0.25, 0.3) is 0 Å². The molecule has 1 heterocycles. The number of rotatable bonds is 3. The normalized spacial score (nSPS) is 17.8. The fourth-order valence-corrected chi connectivity index (χ4v) is 3.71. The molecule has 2 aromatic carbocycles. The molecule has 0 spiro atoms. The van der Waals surface area contributed by atoms with Crippen LogP contribution in [0.5, 0.6) is 0 Å². The van der Waals surface area contributed by atoms with Gasteiger partial charge in [0.2, 0.25) is 0 Å². The van der Waals surface area contributed by atoms with Crippen LogP contribution in [-0.4, -0.2) is 17.5 Å². The highest BCUT2D eigenvalue weighted by atomic mass is 16.2. The number of hydrogen-bond acceptors (Lipinski definition) is 1. The van der Waals surface area contributed by atoms with Crippen molar-refractivity contribution in [2.24, 2.45) is 0 Å². The minimum atomic E-state index is 0.0225. The number of anilines is 1. The Bertz CT molecular complexity index is 725. The summed E-state index contributed by atoms with van der Waals surface area (Å²) in [7, 11) is 0. The average molecular weight is 336 g/mol. The molecule has 25 heavy (non-hydrogen) atoms. The van der Waals surface area contributed by atoms with Crippen LogP contribution in [0.15, 0.2) is 48.5 Å². The van der Waals surface area contributed by atoms with Crippen LogP contribution in [0, 0.1) is 6.92 Å². The molecular weight excluding hydrogens is 308 g/mol. The first-order valence-corrected chi connectivity index (χ1v) is 9.41. The van der Waals surface area contributed by atoms with E-state index < -0.39 is 0 Å². The Labute approximate surface area is 151 Å². The lowest BCUT2D eigenvalue weighted by Crippen LogP contribution is -2.38. The van der Waals surface area contributed by atoms with Crippen LogP contribution in [-0.2, 0) is 6.42 Å². The number of para-hydroxylation sites is 1. The highest BCUT2D eigenvalue weighted by Gasteiger charge is 2.27. The quantitative estimate of drug-likeness (QED) is 0.765. The third kappa shape index (κ3) is 4.22. The molecule has 0 saturated carbocycles. The molecule has 1 fully saturated rings. The molecule has 0 aromatic heterocycles. The summed E-state index contributed by atoms with van der Waals surface area (Å²) >= 11 is 0. The van der Waals surface area contributed by atoms with Crippen LogP contribution < -0.4 is 5.32 Å². The number of carbonyl (C=O) groups excluding carboxylic acids is 1. The zero-order valence-corrected chi connectivity index (χ0v) is 15.3. The zero-order valence-electron chi connectivity index (χ0n) is 15.3. The van der Waals surface area contributed by atoms with Crippen molar-refractivity contribution in [3.05, 3.63) is 65.2 Å². The SMILES string of the molecule is CCc1ccccc1NC(=O)N1CCCCC[C@@H]1c1cccc(C)c1. The van der Waals surface area contributed by atoms with E-state index in [1.165, 1.54) is 29.5 Å². The van der Waals surface area contributed by atoms with Gasteiger partial charge in [-0.3, -0.25) is 0 Å². The van der Waals surface area contributed by atoms with Crippen molar-refractivity contribution < 1.29 is 4.79 Å². The summed E-state index contributed by atoms with van der Waals surface area (Å²) in [4.78, 5) is 15.1. The molecular formula is C22H28N2O. The minimum absolute atomic E-state index is 0.0225. The van der Waals surface area contributed by atoms with Gasteiger partial charge in [0.25, 0.3) is 0 Å². The fraction of sp³-hybridized carbons (Fsp3) is 0.409. The Morgan fingerprint density at radius 1 is 1.12 bits per heavy atom. The van der Waals surface area contributed by atoms with Gasteiger partial charge in [0.15, 0.2) is 0 Å².